The number of hydrogen-bond donors (Lipinski definition) is 1. The molecular weight excluding hydrogens is 462 g/mol. The van der Waals surface area contributed by atoms with Crippen molar-refractivity contribution in [1.82, 2.24) is 19.6 Å². The number of anilines is 1. The fourth-order valence-corrected chi connectivity index (χ4v) is 4.76. The van der Waals surface area contributed by atoms with Gasteiger partial charge in [-0.2, -0.15) is 0 Å². The van der Waals surface area contributed by atoms with Crippen molar-refractivity contribution in [3.63, 3.8) is 0 Å². The summed E-state index contributed by atoms with van der Waals surface area (Å²) in [6.07, 6.45) is 0. The molecule has 0 radical (unpaired) electrons. The average molecular weight is 484 g/mol. The number of hydrogen-bond acceptors (Lipinski definition) is 7. The topological polar surface area (TPSA) is 90.6 Å². The highest BCUT2D eigenvalue weighted by Crippen LogP contribution is 2.33. The zero-order valence-corrected chi connectivity index (χ0v) is 19.7. The molecule has 1 aliphatic heterocycles. The Balaban J connectivity index is 1.29. The second-order valence-electron chi connectivity index (χ2n) is 8.15. The third-order valence-electron chi connectivity index (χ3n) is 5.67. The second kappa shape index (κ2) is 8.92. The summed E-state index contributed by atoms with van der Waals surface area (Å²) >= 11 is 1.33. The number of benzene rings is 3. The van der Waals surface area contributed by atoms with Gasteiger partial charge in [0, 0.05) is 17.3 Å². The van der Waals surface area contributed by atoms with E-state index in [0.29, 0.717) is 41.1 Å². The van der Waals surface area contributed by atoms with Crippen LogP contribution in [-0.2, 0) is 4.79 Å². The van der Waals surface area contributed by atoms with Gasteiger partial charge in [0.15, 0.2) is 23.0 Å². The standard InChI is InChI=1S/C26H21N5O3S/c1-16-6-8-17(9-7-16)24-29-30-25-26(28-19-4-2-3-5-20(19)31(24)25)35-15-23(32)27-18-10-11-21-22(14-18)34-13-12-33-21/h2-11,14H,12-13,15H2,1H3,(H,27,32). The monoisotopic (exact) mass is 483 g/mol. The van der Waals surface area contributed by atoms with Crippen molar-refractivity contribution in [3.05, 3.63) is 72.3 Å². The predicted octanol–water partition coefficient (Wildman–Crippen LogP) is 4.75. The number of carbonyl (C=O) groups excluding carboxylic acids is 1. The first-order valence-electron chi connectivity index (χ1n) is 11.2. The van der Waals surface area contributed by atoms with Gasteiger partial charge in [0.05, 0.1) is 16.8 Å². The molecule has 0 unspecified atom stereocenters. The molecule has 35 heavy (non-hydrogen) atoms. The third kappa shape index (κ3) is 4.15. The van der Waals surface area contributed by atoms with Gasteiger partial charge in [-0.3, -0.25) is 9.20 Å². The van der Waals surface area contributed by atoms with Crippen LogP contribution in [-0.4, -0.2) is 44.5 Å². The normalized spacial score (nSPS) is 12.7. The van der Waals surface area contributed by atoms with Gasteiger partial charge >= 0.3 is 0 Å². The first-order valence-corrected chi connectivity index (χ1v) is 12.2. The Labute approximate surface area is 205 Å². The fraction of sp³-hybridized carbons (Fsp3) is 0.154. The Kier molecular flexibility index (Phi) is 5.46. The van der Waals surface area contributed by atoms with Crippen molar-refractivity contribution in [2.75, 3.05) is 24.3 Å². The summed E-state index contributed by atoms with van der Waals surface area (Å²) in [5.74, 6) is 2.07. The zero-order valence-electron chi connectivity index (χ0n) is 18.9. The lowest BCUT2D eigenvalue weighted by Crippen LogP contribution is -2.17. The van der Waals surface area contributed by atoms with E-state index in [1.54, 1.807) is 18.2 Å². The first kappa shape index (κ1) is 21.4. The molecule has 0 aliphatic carbocycles. The molecule has 1 aliphatic rings. The van der Waals surface area contributed by atoms with Crippen molar-refractivity contribution in [3.8, 4) is 22.9 Å². The van der Waals surface area contributed by atoms with E-state index in [1.165, 1.54) is 17.3 Å². The highest BCUT2D eigenvalue weighted by molar-refractivity contribution is 8.00. The molecule has 1 N–H and O–H groups in total. The smallest absolute Gasteiger partial charge is 0.234 e. The molecule has 3 heterocycles. The maximum atomic E-state index is 12.7. The number of amides is 1. The van der Waals surface area contributed by atoms with E-state index in [2.05, 4.69) is 34.6 Å². The molecule has 0 spiro atoms. The van der Waals surface area contributed by atoms with E-state index in [1.807, 2.05) is 40.8 Å². The Bertz CT molecular complexity index is 1570. The molecule has 0 bridgehead atoms. The van der Waals surface area contributed by atoms with Gasteiger partial charge in [0.25, 0.3) is 0 Å². The number of para-hydroxylation sites is 2. The number of aromatic nitrogens is 4. The van der Waals surface area contributed by atoms with E-state index >= 15 is 0 Å². The number of aryl methyl sites for hydroxylation is 1. The quantitative estimate of drug-likeness (QED) is 0.361. The second-order valence-corrected chi connectivity index (χ2v) is 9.11. The van der Waals surface area contributed by atoms with Gasteiger partial charge in [-0.25, -0.2) is 4.98 Å². The van der Waals surface area contributed by atoms with Gasteiger partial charge in [0.2, 0.25) is 5.91 Å². The first-order chi connectivity index (χ1) is 17.2. The Morgan fingerprint density at radius 2 is 1.80 bits per heavy atom. The molecule has 3 aromatic carbocycles. The van der Waals surface area contributed by atoms with Gasteiger partial charge in [-0.1, -0.05) is 53.7 Å². The van der Waals surface area contributed by atoms with E-state index in [9.17, 15) is 4.79 Å². The minimum atomic E-state index is -0.155. The van der Waals surface area contributed by atoms with Crippen molar-refractivity contribution >= 4 is 40.0 Å². The molecule has 9 heteroatoms. The number of rotatable bonds is 5. The predicted molar refractivity (Wildman–Crippen MR) is 135 cm³/mol. The number of nitrogens with zero attached hydrogens (tertiary/aromatic N) is 4. The van der Waals surface area contributed by atoms with Crippen LogP contribution in [0.4, 0.5) is 5.69 Å². The summed E-state index contributed by atoms with van der Waals surface area (Å²) < 4.78 is 13.1. The van der Waals surface area contributed by atoms with Gasteiger partial charge in [-0.05, 0) is 31.2 Å². The molecule has 0 saturated carbocycles. The SMILES string of the molecule is Cc1ccc(-c2nnc3c(SCC(=O)Nc4ccc5c(c4)OCCO5)nc4ccccc4n23)cc1. The molecule has 1 amide bonds. The Morgan fingerprint density at radius 3 is 2.66 bits per heavy atom. The molecule has 8 nitrogen and oxygen atoms in total. The largest absolute Gasteiger partial charge is 0.486 e. The molecule has 2 aromatic heterocycles. The molecule has 5 aromatic rings. The van der Waals surface area contributed by atoms with Gasteiger partial charge < -0.3 is 14.8 Å². The van der Waals surface area contributed by atoms with Crippen LogP contribution >= 0.6 is 11.8 Å². The summed E-state index contributed by atoms with van der Waals surface area (Å²) in [6, 6.07) is 21.4. The lowest BCUT2D eigenvalue weighted by atomic mass is 10.1. The molecular formula is C26H21N5O3S. The number of fused-ring (bicyclic) bond motifs is 4. The fourth-order valence-electron chi connectivity index (χ4n) is 4.00. The average Bonchev–Trinajstić information content (AvgIpc) is 3.33. The Hall–Kier alpha value is -4.11. The van der Waals surface area contributed by atoms with Crippen LogP contribution in [0, 0.1) is 6.92 Å². The summed E-state index contributed by atoms with van der Waals surface area (Å²) in [5, 5.41) is 12.5. The van der Waals surface area contributed by atoms with E-state index < -0.39 is 0 Å². The van der Waals surface area contributed by atoms with Crippen LogP contribution in [0.1, 0.15) is 5.56 Å². The van der Waals surface area contributed by atoms with Crippen molar-refractivity contribution < 1.29 is 14.3 Å². The van der Waals surface area contributed by atoms with Crippen LogP contribution in [0.2, 0.25) is 0 Å². The highest BCUT2D eigenvalue weighted by Gasteiger charge is 2.18. The van der Waals surface area contributed by atoms with Crippen LogP contribution in [0.15, 0.2) is 71.8 Å². The Morgan fingerprint density at radius 1 is 1.00 bits per heavy atom. The molecule has 0 saturated heterocycles. The van der Waals surface area contributed by atoms with E-state index in [4.69, 9.17) is 14.5 Å². The molecule has 174 valence electrons. The summed E-state index contributed by atoms with van der Waals surface area (Å²) in [6.45, 7) is 3.07. The van der Waals surface area contributed by atoms with E-state index in [-0.39, 0.29) is 11.7 Å². The van der Waals surface area contributed by atoms with Crippen molar-refractivity contribution in [1.29, 1.82) is 0 Å². The molecule has 0 fully saturated rings. The van der Waals surface area contributed by atoms with Crippen molar-refractivity contribution in [2.24, 2.45) is 0 Å². The summed E-state index contributed by atoms with van der Waals surface area (Å²) in [7, 11) is 0. The van der Waals surface area contributed by atoms with Crippen LogP contribution in [0.5, 0.6) is 11.5 Å². The van der Waals surface area contributed by atoms with Crippen LogP contribution in [0.25, 0.3) is 28.1 Å². The maximum Gasteiger partial charge on any atom is 0.234 e. The minimum absolute atomic E-state index is 0.155. The number of ether oxygens (including phenoxy) is 2. The number of carbonyl (C=O) groups is 1. The van der Waals surface area contributed by atoms with Gasteiger partial charge in [-0.15, -0.1) is 10.2 Å². The lowest BCUT2D eigenvalue weighted by Gasteiger charge is -2.19. The van der Waals surface area contributed by atoms with Crippen LogP contribution in [0.3, 0.4) is 0 Å². The zero-order chi connectivity index (χ0) is 23.8. The summed E-state index contributed by atoms with van der Waals surface area (Å²) in [4.78, 5) is 17.5. The highest BCUT2D eigenvalue weighted by atomic mass is 32.2. The third-order valence-corrected chi connectivity index (χ3v) is 6.63. The van der Waals surface area contributed by atoms with Crippen LogP contribution < -0.4 is 14.8 Å². The summed E-state index contributed by atoms with van der Waals surface area (Å²) in [5.41, 5.74) is 5.13. The van der Waals surface area contributed by atoms with Gasteiger partial charge in [0.1, 0.15) is 18.2 Å². The number of nitrogens with one attached hydrogen (secondary N) is 1. The van der Waals surface area contributed by atoms with E-state index in [0.717, 1.165) is 22.4 Å². The minimum Gasteiger partial charge on any atom is -0.486 e. The van der Waals surface area contributed by atoms with Crippen molar-refractivity contribution in [2.45, 2.75) is 11.9 Å². The molecule has 6 rings (SSSR count). The molecule has 0 atom stereocenters. The number of thioether (sulfide) groups is 1. The lowest BCUT2D eigenvalue weighted by molar-refractivity contribution is -0.113. The maximum absolute atomic E-state index is 12.7.